The van der Waals surface area contributed by atoms with Crippen molar-refractivity contribution >= 4 is 5.82 Å². The Kier molecular flexibility index (Phi) is 3.54. The first-order valence-corrected chi connectivity index (χ1v) is 6.47. The second kappa shape index (κ2) is 4.82. The molecule has 5 nitrogen and oxygen atoms in total. The van der Waals surface area contributed by atoms with E-state index in [4.69, 9.17) is 10.6 Å². The maximum absolute atomic E-state index is 5.79. The van der Waals surface area contributed by atoms with Gasteiger partial charge in [0.05, 0.1) is 0 Å². The summed E-state index contributed by atoms with van der Waals surface area (Å²) in [6.45, 7) is 9.04. The molecule has 18 heavy (non-hydrogen) atoms. The number of hydrogen-bond donors (Lipinski definition) is 2. The Balaban J connectivity index is 2.49. The highest BCUT2D eigenvalue weighted by Crippen LogP contribution is 2.35. The van der Waals surface area contributed by atoms with Crippen LogP contribution in [0, 0.1) is 6.92 Å². The van der Waals surface area contributed by atoms with E-state index in [2.05, 4.69) is 29.2 Å². The van der Waals surface area contributed by atoms with Gasteiger partial charge in [0.2, 0.25) is 0 Å². The third-order valence-corrected chi connectivity index (χ3v) is 3.54. The molecule has 1 aromatic heterocycles. The van der Waals surface area contributed by atoms with Crippen LogP contribution in [0.3, 0.4) is 0 Å². The molecular weight excluding hydrogens is 228 g/mol. The highest BCUT2D eigenvalue weighted by Gasteiger charge is 2.35. The van der Waals surface area contributed by atoms with Crippen LogP contribution in [0.4, 0.5) is 5.82 Å². The van der Waals surface area contributed by atoms with E-state index < -0.39 is 0 Å². The van der Waals surface area contributed by atoms with Crippen molar-refractivity contribution in [2.45, 2.75) is 52.1 Å². The molecule has 0 bridgehead atoms. The molecule has 1 aliphatic heterocycles. The lowest BCUT2D eigenvalue weighted by Crippen LogP contribution is -2.26. The van der Waals surface area contributed by atoms with Crippen molar-refractivity contribution < 1.29 is 4.74 Å². The Morgan fingerprint density at radius 3 is 2.61 bits per heavy atom. The first kappa shape index (κ1) is 13.2. The zero-order chi connectivity index (χ0) is 13.3. The van der Waals surface area contributed by atoms with Crippen molar-refractivity contribution in [2.75, 3.05) is 12.0 Å². The second-order valence-electron chi connectivity index (χ2n) is 5.38. The van der Waals surface area contributed by atoms with Crippen molar-refractivity contribution in [1.29, 1.82) is 0 Å². The van der Waals surface area contributed by atoms with Crippen LogP contribution in [-0.4, -0.2) is 16.6 Å². The van der Waals surface area contributed by atoms with Gasteiger partial charge in [-0.25, -0.2) is 15.8 Å². The van der Waals surface area contributed by atoms with E-state index in [9.17, 15) is 0 Å². The van der Waals surface area contributed by atoms with Crippen LogP contribution in [0.1, 0.15) is 56.6 Å². The molecule has 0 amide bonds. The fourth-order valence-corrected chi connectivity index (χ4v) is 2.57. The van der Waals surface area contributed by atoms with Gasteiger partial charge < -0.3 is 10.2 Å². The Morgan fingerprint density at radius 2 is 2.11 bits per heavy atom. The van der Waals surface area contributed by atoms with Crippen molar-refractivity contribution in [1.82, 2.24) is 9.97 Å². The van der Waals surface area contributed by atoms with Gasteiger partial charge in [-0.3, -0.25) is 0 Å². The van der Waals surface area contributed by atoms with Gasteiger partial charge in [-0.15, -0.1) is 0 Å². The van der Waals surface area contributed by atoms with Crippen molar-refractivity contribution in [3.8, 4) is 0 Å². The summed E-state index contributed by atoms with van der Waals surface area (Å²) in [6, 6.07) is 0. The van der Waals surface area contributed by atoms with Crippen LogP contribution < -0.4 is 11.3 Å². The van der Waals surface area contributed by atoms with Crippen LogP contribution in [0.15, 0.2) is 0 Å². The Hall–Kier alpha value is -1.20. The van der Waals surface area contributed by atoms with Gasteiger partial charge in [0.25, 0.3) is 0 Å². The minimum atomic E-state index is -0.369. The van der Waals surface area contributed by atoms with E-state index in [1.807, 2.05) is 13.8 Å². The van der Waals surface area contributed by atoms with Gasteiger partial charge in [0, 0.05) is 17.9 Å². The van der Waals surface area contributed by atoms with E-state index in [0.29, 0.717) is 11.7 Å². The zero-order valence-electron chi connectivity index (χ0n) is 11.6. The molecule has 0 spiro atoms. The van der Waals surface area contributed by atoms with Crippen LogP contribution in [0.2, 0.25) is 0 Å². The highest BCUT2D eigenvalue weighted by molar-refractivity contribution is 5.47. The van der Waals surface area contributed by atoms with Crippen molar-refractivity contribution in [2.24, 2.45) is 5.84 Å². The molecule has 1 unspecified atom stereocenters. The van der Waals surface area contributed by atoms with Crippen LogP contribution in [0.25, 0.3) is 0 Å². The summed E-state index contributed by atoms with van der Waals surface area (Å²) < 4.78 is 5.79. The number of hydrazine groups is 1. The third-order valence-electron chi connectivity index (χ3n) is 3.54. The van der Waals surface area contributed by atoms with E-state index in [-0.39, 0.29) is 5.60 Å². The van der Waals surface area contributed by atoms with Gasteiger partial charge in [-0.05, 0) is 32.6 Å². The number of aromatic nitrogens is 2. The average molecular weight is 250 g/mol. The fraction of sp³-hybridized carbons (Fsp3) is 0.692. The summed E-state index contributed by atoms with van der Waals surface area (Å²) in [5, 5.41) is 0. The third kappa shape index (κ3) is 2.20. The Labute approximate surface area is 108 Å². The number of nitrogens with zero attached hydrogens (tertiary/aromatic N) is 2. The lowest BCUT2D eigenvalue weighted by molar-refractivity contribution is 0.00926. The number of aryl methyl sites for hydroxylation is 1. The Morgan fingerprint density at radius 1 is 1.39 bits per heavy atom. The van der Waals surface area contributed by atoms with Gasteiger partial charge in [-0.1, -0.05) is 13.8 Å². The van der Waals surface area contributed by atoms with E-state index in [1.165, 1.54) is 0 Å². The summed E-state index contributed by atoms with van der Waals surface area (Å²) in [6.07, 6.45) is 2.01. The number of nitrogens with one attached hydrogen (secondary N) is 1. The largest absolute Gasteiger partial charge is 0.367 e. The molecule has 0 aromatic carbocycles. The standard InChI is InChI=1S/C13H22N4O/c1-8(2)10-9(3)15-12(16-11(10)17-14)13(4)6-5-7-18-13/h8H,5-7,14H2,1-4H3,(H,15,16,17). The molecule has 100 valence electrons. The quantitative estimate of drug-likeness (QED) is 0.635. The number of ether oxygens (including phenoxy) is 1. The van der Waals surface area contributed by atoms with Crippen LogP contribution in [-0.2, 0) is 10.3 Å². The van der Waals surface area contributed by atoms with Gasteiger partial charge in [-0.2, -0.15) is 0 Å². The van der Waals surface area contributed by atoms with Gasteiger partial charge >= 0.3 is 0 Å². The number of anilines is 1. The molecular formula is C13H22N4O. The number of nitrogen functional groups attached to an aromatic ring is 1. The molecule has 1 aliphatic rings. The number of hydrogen-bond acceptors (Lipinski definition) is 5. The molecule has 2 heterocycles. The van der Waals surface area contributed by atoms with E-state index >= 15 is 0 Å². The molecule has 1 saturated heterocycles. The SMILES string of the molecule is Cc1nc(C2(C)CCCO2)nc(NN)c1C(C)C. The summed E-state index contributed by atoms with van der Waals surface area (Å²) >= 11 is 0. The summed E-state index contributed by atoms with van der Waals surface area (Å²) in [5.74, 6) is 7.37. The lowest BCUT2D eigenvalue weighted by atomic mass is 9.99. The predicted molar refractivity (Wildman–Crippen MR) is 71.2 cm³/mol. The summed E-state index contributed by atoms with van der Waals surface area (Å²) in [5.41, 5.74) is 4.37. The van der Waals surface area contributed by atoms with Crippen LogP contribution >= 0.6 is 0 Å². The zero-order valence-corrected chi connectivity index (χ0v) is 11.6. The molecule has 1 aromatic rings. The van der Waals surface area contributed by atoms with Crippen molar-refractivity contribution in [3.63, 3.8) is 0 Å². The fourth-order valence-electron chi connectivity index (χ4n) is 2.57. The normalized spacial score (nSPS) is 23.7. The lowest BCUT2D eigenvalue weighted by Gasteiger charge is -2.24. The minimum Gasteiger partial charge on any atom is -0.367 e. The molecule has 2 rings (SSSR count). The topological polar surface area (TPSA) is 73.1 Å². The molecule has 0 radical (unpaired) electrons. The first-order valence-electron chi connectivity index (χ1n) is 6.47. The van der Waals surface area contributed by atoms with Gasteiger partial charge in [0.1, 0.15) is 11.4 Å². The van der Waals surface area contributed by atoms with Gasteiger partial charge in [0.15, 0.2) is 5.82 Å². The molecule has 3 N–H and O–H groups in total. The molecule has 5 heteroatoms. The minimum absolute atomic E-state index is 0.336. The maximum atomic E-state index is 5.79. The van der Waals surface area contributed by atoms with E-state index in [1.54, 1.807) is 0 Å². The Bertz CT molecular complexity index is 439. The smallest absolute Gasteiger partial charge is 0.162 e. The van der Waals surface area contributed by atoms with Crippen molar-refractivity contribution in [3.05, 3.63) is 17.1 Å². The summed E-state index contributed by atoms with van der Waals surface area (Å²) in [4.78, 5) is 9.18. The molecule has 0 saturated carbocycles. The average Bonchev–Trinajstić information content (AvgIpc) is 2.75. The molecule has 1 fully saturated rings. The number of nitrogens with two attached hydrogens (primary N) is 1. The second-order valence-corrected chi connectivity index (χ2v) is 5.38. The molecule has 0 aliphatic carbocycles. The monoisotopic (exact) mass is 250 g/mol. The highest BCUT2D eigenvalue weighted by atomic mass is 16.5. The predicted octanol–water partition coefficient (Wildman–Crippen LogP) is 2.22. The maximum Gasteiger partial charge on any atom is 0.162 e. The number of rotatable bonds is 3. The first-order chi connectivity index (χ1) is 8.48. The van der Waals surface area contributed by atoms with Crippen LogP contribution in [0.5, 0.6) is 0 Å². The summed E-state index contributed by atoms with van der Waals surface area (Å²) in [7, 11) is 0. The van der Waals surface area contributed by atoms with E-state index in [0.717, 1.165) is 36.5 Å². The molecule has 1 atom stereocenters.